The summed E-state index contributed by atoms with van der Waals surface area (Å²) < 4.78 is 29.3. The molecule has 1 aromatic carbocycles. The molecule has 1 aliphatic heterocycles. The lowest BCUT2D eigenvalue weighted by Gasteiger charge is -2.39. The molecular formula is C13H21F2NSi2. The number of halogens is 2. The fourth-order valence-corrected chi connectivity index (χ4v) is 16.8. The van der Waals surface area contributed by atoms with Crippen molar-refractivity contribution in [1.82, 2.24) is 4.23 Å². The van der Waals surface area contributed by atoms with E-state index in [1.165, 1.54) is 18.2 Å². The summed E-state index contributed by atoms with van der Waals surface area (Å²) in [5.41, 5.74) is 0.638. The van der Waals surface area contributed by atoms with Crippen LogP contribution in [0.15, 0.2) is 18.2 Å². The van der Waals surface area contributed by atoms with E-state index in [2.05, 4.69) is 30.4 Å². The number of benzene rings is 1. The van der Waals surface area contributed by atoms with Crippen LogP contribution in [0.1, 0.15) is 5.56 Å². The van der Waals surface area contributed by atoms with E-state index >= 15 is 0 Å². The van der Waals surface area contributed by atoms with Gasteiger partial charge in [0, 0.05) is 18.2 Å². The molecule has 1 nitrogen and oxygen atoms in total. The fourth-order valence-electron chi connectivity index (χ4n) is 2.95. The molecule has 18 heavy (non-hydrogen) atoms. The van der Waals surface area contributed by atoms with Gasteiger partial charge < -0.3 is 4.23 Å². The molecule has 0 spiro atoms. The van der Waals surface area contributed by atoms with Crippen LogP contribution in [0.2, 0.25) is 38.3 Å². The van der Waals surface area contributed by atoms with E-state index < -0.39 is 28.1 Å². The smallest absolute Gasteiger partial charge is 0.130 e. The minimum atomic E-state index is -1.39. The maximum atomic E-state index is 13.8. The second-order valence-corrected chi connectivity index (χ2v) is 16.2. The first-order valence-electron chi connectivity index (χ1n) is 6.44. The SMILES string of the molecule is C[Si]1(C)CC[Si](C)(C)N1Cc1ccc(F)cc1F. The molecule has 1 aliphatic rings. The van der Waals surface area contributed by atoms with Gasteiger partial charge in [-0.1, -0.05) is 32.3 Å². The topological polar surface area (TPSA) is 3.24 Å². The summed E-state index contributed by atoms with van der Waals surface area (Å²) in [6.45, 7) is 10.1. The van der Waals surface area contributed by atoms with Gasteiger partial charge in [-0.3, -0.25) is 0 Å². The molecular weight excluding hydrogens is 264 g/mol. The van der Waals surface area contributed by atoms with Crippen molar-refractivity contribution in [3.05, 3.63) is 35.4 Å². The zero-order chi connectivity index (χ0) is 13.6. The van der Waals surface area contributed by atoms with E-state index in [1.807, 2.05) is 0 Å². The normalized spacial score (nSPS) is 22.3. The van der Waals surface area contributed by atoms with Crippen molar-refractivity contribution in [2.45, 2.75) is 44.8 Å². The second-order valence-electron chi connectivity index (χ2n) is 6.45. The quantitative estimate of drug-likeness (QED) is 0.736. The molecule has 0 amide bonds. The van der Waals surface area contributed by atoms with Crippen molar-refractivity contribution >= 4 is 16.5 Å². The molecule has 100 valence electrons. The van der Waals surface area contributed by atoms with Gasteiger partial charge in [-0.15, -0.1) is 0 Å². The average Bonchev–Trinajstić information content (AvgIpc) is 2.44. The third-order valence-electron chi connectivity index (χ3n) is 4.15. The Hall–Kier alpha value is -0.526. The Morgan fingerprint density at radius 1 is 1.06 bits per heavy atom. The van der Waals surface area contributed by atoms with Gasteiger partial charge in [-0.25, -0.2) is 8.78 Å². The minimum absolute atomic E-state index is 0.406. The summed E-state index contributed by atoms with van der Waals surface area (Å²) in [4.78, 5) is 0. The molecule has 1 fully saturated rings. The summed E-state index contributed by atoms with van der Waals surface area (Å²) in [6, 6.07) is 6.55. The average molecular weight is 285 g/mol. The Labute approximate surface area is 110 Å². The molecule has 0 saturated carbocycles. The molecule has 1 aromatic rings. The Morgan fingerprint density at radius 3 is 2.11 bits per heavy atom. The van der Waals surface area contributed by atoms with E-state index in [0.29, 0.717) is 12.1 Å². The first-order chi connectivity index (χ1) is 8.22. The van der Waals surface area contributed by atoms with Crippen LogP contribution in [0.4, 0.5) is 8.78 Å². The Morgan fingerprint density at radius 2 is 1.61 bits per heavy atom. The van der Waals surface area contributed by atoms with Crippen molar-refractivity contribution in [3.8, 4) is 0 Å². The Bertz CT molecular complexity index is 444. The lowest BCUT2D eigenvalue weighted by Crippen LogP contribution is -2.54. The first kappa shape index (κ1) is 13.9. The van der Waals surface area contributed by atoms with Crippen LogP contribution in [-0.2, 0) is 6.54 Å². The minimum Gasteiger partial charge on any atom is -0.342 e. The van der Waals surface area contributed by atoms with Gasteiger partial charge in [0.1, 0.15) is 28.1 Å². The predicted molar refractivity (Wildman–Crippen MR) is 76.5 cm³/mol. The van der Waals surface area contributed by atoms with Crippen LogP contribution >= 0.6 is 0 Å². The van der Waals surface area contributed by atoms with E-state index in [-0.39, 0.29) is 0 Å². The largest absolute Gasteiger partial charge is 0.342 e. The highest BCUT2D eigenvalue weighted by molar-refractivity contribution is 6.95. The molecule has 1 heterocycles. The van der Waals surface area contributed by atoms with Gasteiger partial charge in [0.15, 0.2) is 0 Å². The Balaban J connectivity index is 2.27. The van der Waals surface area contributed by atoms with E-state index in [4.69, 9.17) is 0 Å². The van der Waals surface area contributed by atoms with Gasteiger partial charge >= 0.3 is 0 Å². The molecule has 0 bridgehead atoms. The summed E-state index contributed by atoms with van der Waals surface area (Å²) >= 11 is 0. The fraction of sp³-hybridized carbons (Fsp3) is 0.538. The summed E-state index contributed by atoms with van der Waals surface area (Å²) in [5.74, 6) is -0.901. The highest BCUT2D eigenvalue weighted by Crippen LogP contribution is 2.38. The highest BCUT2D eigenvalue weighted by atomic mass is 28.4. The monoisotopic (exact) mass is 285 g/mol. The third-order valence-corrected chi connectivity index (χ3v) is 14.5. The maximum Gasteiger partial charge on any atom is 0.130 e. The molecule has 0 radical (unpaired) electrons. The van der Waals surface area contributed by atoms with Crippen molar-refractivity contribution in [3.63, 3.8) is 0 Å². The number of hydrogen-bond donors (Lipinski definition) is 0. The van der Waals surface area contributed by atoms with Crippen molar-refractivity contribution in [1.29, 1.82) is 0 Å². The van der Waals surface area contributed by atoms with Crippen LogP contribution in [0.3, 0.4) is 0 Å². The van der Waals surface area contributed by atoms with Gasteiger partial charge in [-0.05, 0) is 18.2 Å². The lowest BCUT2D eigenvalue weighted by atomic mass is 10.2. The molecule has 2 rings (SSSR count). The molecule has 0 aromatic heterocycles. The summed E-state index contributed by atoms with van der Waals surface area (Å²) in [5, 5.41) is 0. The molecule has 0 N–H and O–H groups in total. The van der Waals surface area contributed by atoms with Gasteiger partial charge in [-0.2, -0.15) is 0 Å². The second kappa shape index (κ2) is 4.54. The van der Waals surface area contributed by atoms with Crippen molar-refractivity contribution in [2.75, 3.05) is 0 Å². The zero-order valence-electron chi connectivity index (χ0n) is 11.6. The van der Waals surface area contributed by atoms with E-state index in [0.717, 1.165) is 6.07 Å². The van der Waals surface area contributed by atoms with Crippen LogP contribution in [0.5, 0.6) is 0 Å². The third kappa shape index (κ3) is 2.58. The highest BCUT2D eigenvalue weighted by Gasteiger charge is 2.47. The summed E-state index contributed by atoms with van der Waals surface area (Å²) in [6.07, 6.45) is 0. The molecule has 5 heteroatoms. The maximum absolute atomic E-state index is 13.8. The summed E-state index contributed by atoms with van der Waals surface area (Å²) in [7, 11) is -2.78. The van der Waals surface area contributed by atoms with Crippen LogP contribution in [0, 0.1) is 11.6 Å². The molecule has 0 atom stereocenters. The lowest BCUT2D eigenvalue weighted by molar-refractivity contribution is 0.543. The molecule has 0 aliphatic carbocycles. The first-order valence-corrected chi connectivity index (χ1v) is 12.7. The van der Waals surface area contributed by atoms with Crippen molar-refractivity contribution < 1.29 is 8.78 Å². The standard InChI is InChI=1S/C13H21F2NSi2/c1-17(2)7-8-18(3,4)16(17)10-11-5-6-12(14)9-13(11)15/h5-6,9H,7-8,10H2,1-4H3. The predicted octanol–water partition coefficient (Wildman–Crippen LogP) is 4.19. The molecule has 1 saturated heterocycles. The zero-order valence-corrected chi connectivity index (χ0v) is 13.6. The van der Waals surface area contributed by atoms with Crippen LogP contribution < -0.4 is 0 Å². The van der Waals surface area contributed by atoms with Crippen LogP contribution in [-0.4, -0.2) is 20.7 Å². The molecule has 0 unspecified atom stereocenters. The number of nitrogens with zero attached hydrogens (tertiary/aromatic N) is 1. The van der Waals surface area contributed by atoms with Gasteiger partial charge in [0.05, 0.1) is 0 Å². The van der Waals surface area contributed by atoms with Crippen molar-refractivity contribution in [2.24, 2.45) is 0 Å². The number of hydrogen-bond acceptors (Lipinski definition) is 1. The Kier molecular flexibility index (Phi) is 3.51. The van der Waals surface area contributed by atoms with Crippen LogP contribution in [0.25, 0.3) is 0 Å². The van der Waals surface area contributed by atoms with E-state index in [1.54, 1.807) is 6.07 Å². The van der Waals surface area contributed by atoms with Gasteiger partial charge in [0.2, 0.25) is 0 Å². The van der Waals surface area contributed by atoms with Gasteiger partial charge in [0.25, 0.3) is 0 Å². The number of rotatable bonds is 2. The van der Waals surface area contributed by atoms with E-state index in [9.17, 15) is 8.78 Å².